The molecular formula is C18H10Br2N2. The van der Waals surface area contributed by atoms with Crippen molar-refractivity contribution >= 4 is 75.5 Å². The maximum absolute atomic E-state index is 3.79. The van der Waals surface area contributed by atoms with Crippen LogP contribution in [0.25, 0.3) is 43.6 Å². The van der Waals surface area contributed by atoms with Crippen molar-refractivity contribution in [2.75, 3.05) is 0 Å². The molecule has 0 aliphatic rings. The minimum atomic E-state index is 1.09. The van der Waals surface area contributed by atoms with Gasteiger partial charge in [-0.3, -0.25) is 0 Å². The average molecular weight is 414 g/mol. The topological polar surface area (TPSA) is 31.6 Å². The van der Waals surface area contributed by atoms with Gasteiger partial charge in [-0.25, -0.2) is 0 Å². The van der Waals surface area contributed by atoms with Gasteiger partial charge in [0, 0.05) is 41.5 Å². The Morgan fingerprint density at radius 1 is 0.591 bits per heavy atom. The summed E-state index contributed by atoms with van der Waals surface area (Å²) >= 11 is 7.58. The first-order chi connectivity index (χ1) is 10.8. The first-order valence-corrected chi connectivity index (χ1v) is 8.62. The van der Waals surface area contributed by atoms with E-state index in [-0.39, 0.29) is 0 Å². The molecule has 0 radical (unpaired) electrons. The molecular weight excluding hydrogens is 404 g/mol. The van der Waals surface area contributed by atoms with Crippen LogP contribution in [0, 0.1) is 0 Å². The van der Waals surface area contributed by atoms with Crippen molar-refractivity contribution in [2.24, 2.45) is 0 Å². The van der Waals surface area contributed by atoms with Gasteiger partial charge in [-0.2, -0.15) is 0 Å². The summed E-state index contributed by atoms with van der Waals surface area (Å²) in [5.41, 5.74) is 4.58. The highest BCUT2D eigenvalue weighted by atomic mass is 79.9. The molecule has 3 aromatic carbocycles. The summed E-state index contributed by atoms with van der Waals surface area (Å²) in [6.45, 7) is 0. The van der Waals surface area contributed by atoms with E-state index < -0.39 is 0 Å². The number of rotatable bonds is 0. The summed E-state index contributed by atoms with van der Waals surface area (Å²) in [5, 5.41) is 4.87. The second-order valence-corrected chi connectivity index (χ2v) is 7.06. The number of H-pyrrole nitrogens is 2. The summed E-state index contributed by atoms with van der Waals surface area (Å²) in [7, 11) is 0. The predicted octanol–water partition coefficient (Wildman–Crippen LogP) is 6.48. The Labute approximate surface area is 142 Å². The van der Waals surface area contributed by atoms with Gasteiger partial charge >= 0.3 is 0 Å². The number of para-hydroxylation sites is 2. The molecule has 0 aliphatic heterocycles. The fourth-order valence-electron chi connectivity index (χ4n) is 3.33. The van der Waals surface area contributed by atoms with Crippen LogP contribution in [0.15, 0.2) is 57.5 Å². The Hall–Kier alpha value is -1.78. The zero-order chi connectivity index (χ0) is 14.8. The number of benzene rings is 3. The standard InChI is InChI=1S/C18H10Br2N2/c19-15-13-9-5-1-3-7-11(9)21-17(13)18-14(16(15)20)10-6-2-4-8-12(10)22-18/h1-8,21-22H. The largest absolute Gasteiger partial charge is 0.353 e. The predicted molar refractivity (Wildman–Crippen MR) is 101 cm³/mol. The van der Waals surface area contributed by atoms with Gasteiger partial charge in [0.1, 0.15) is 0 Å². The molecule has 5 aromatic rings. The quantitative estimate of drug-likeness (QED) is 0.291. The molecule has 106 valence electrons. The van der Waals surface area contributed by atoms with E-state index >= 15 is 0 Å². The molecule has 0 fully saturated rings. The Morgan fingerprint density at radius 2 is 1.00 bits per heavy atom. The van der Waals surface area contributed by atoms with E-state index in [1.165, 1.54) is 21.5 Å². The second-order valence-electron chi connectivity index (χ2n) is 5.47. The molecule has 0 bridgehead atoms. The van der Waals surface area contributed by atoms with E-state index in [0.29, 0.717) is 0 Å². The Morgan fingerprint density at radius 3 is 1.45 bits per heavy atom. The molecule has 0 spiro atoms. The summed E-state index contributed by atoms with van der Waals surface area (Å²) < 4.78 is 2.19. The van der Waals surface area contributed by atoms with Crippen molar-refractivity contribution in [3.63, 3.8) is 0 Å². The molecule has 0 amide bonds. The zero-order valence-corrected chi connectivity index (χ0v) is 14.5. The van der Waals surface area contributed by atoms with E-state index in [9.17, 15) is 0 Å². The number of hydrogen-bond acceptors (Lipinski definition) is 0. The van der Waals surface area contributed by atoms with E-state index in [2.05, 4.69) is 90.4 Å². The van der Waals surface area contributed by atoms with Crippen molar-refractivity contribution in [1.82, 2.24) is 9.97 Å². The van der Waals surface area contributed by atoms with E-state index in [0.717, 1.165) is 31.0 Å². The lowest BCUT2D eigenvalue weighted by molar-refractivity contribution is 1.51. The van der Waals surface area contributed by atoms with Crippen LogP contribution < -0.4 is 0 Å². The molecule has 0 aliphatic carbocycles. The van der Waals surface area contributed by atoms with Gasteiger partial charge in [0.15, 0.2) is 0 Å². The number of halogens is 2. The molecule has 4 heteroatoms. The average Bonchev–Trinajstić information content (AvgIpc) is 3.11. The SMILES string of the molecule is Brc1c(Br)c2c3ccccc3[nH]c2c2[nH]c3ccccc3c12. The van der Waals surface area contributed by atoms with E-state index in [1.807, 2.05) is 0 Å². The van der Waals surface area contributed by atoms with Crippen LogP contribution in [0.3, 0.4) is 0 Å². The second kappa shape index (κ2) is 4.37. The number of aromatic amines is 2. The van der Waals surface area contributed by atoms with Crippen LogP contribution in [0.5, 0.6) is 0 Å². The van der Waals surface area contributed by atoms with Crippen molar-refractivity contribution in [1.29, 1.82) is 0 Å². The number of nitrogens with one attached hydrogen (secondary N) is 2. The van der Waals surface area contributed by atoms with Gasteiger partial charge in [-0.1, -0.05) is 36.4 Å². The Kier molecular flexibility index (Phi) is 2.53. The van der Waals surface area contributed by atoms with Crippen LogP contribution in [0.4, 0.5) is 0 Å². The summed E-state index contributed by atoms with van der Waals surface area (Å²) in [5.74, 6) is 0. The van der Waals surface area contributed by atoms with Crippen LogP contribution >= 0.6 is 31.9 Å². The lowest BCUT2D eigenvalue weighted by atomic mass is 10.1. The van der Waals surface area contributed by atoms with Gasteiger partial charge in [0.25, 0.3) is 0 Å². The maximum atomic E-state index is 3.79. The molecule has 2 N–H and O–H groups in total. The Balaban J connectivity index is 2.18. The highest BCUT2D eigenvalue weighted by Gasteiger charge is 2.18. The minimum absolute atomic E-state index is 1.09. The molecule has 2 heterocycles. The lowest BCUT2D eigenvalue weighted by Crippen LogP contribution is -1.78. The van der Waals surface area contributed by atoms with Crippen molar-refractivity contribution in [3.05, 3.63) is 57.5 Å². The molecule has 0 saturated heterocycles. The number of fused-ring (bicyclic) bond motifs is 7. The van der Waals surface area contributed by atoms with Gasteiger partial charge in [0.2, 0.25) is 0 Å². The number of hydrogen-bond donors (Lipinski definition) is 2. The normalized spacial score (nSPS) is 12.1. The monoisotopic (exact) mass is 412 g/mol. The van der Waals surface area contributed by atoms with Crippen LogP contribution in [-0.2, 0) is 0 Å². The zero-order valence-electron chi connectivity index (χ0n) is 11.4. The first kappa shape index (κ1) is 12.7. The summed E-state index contributed by atoms with van der Waals surface area (Å²) in [6, 6.07) is 16.8. The molecule has 2 nitrogen and oxygen atoms in total. The lowest BCUT2D eigenvalue weighted by Gasteiger charge is -2.03. The third kappa shape index (κ3) is 1.49. The fraction of sp³-hybridized carbons (Fsp3) is 0. The van der Waals surface area contributed by atoms with E-state index in [4.69, 9.17) is 0 Å². The van der Waals surface area contributed by atoms with Crippen LogP contribution in [0.2, 0.25) is 0 Å². The van der Waals surface area contributed by atoms with Crippen molar-refractivity contribution in [3.8, 4) is 0 Å². The number of aromatic nitrogens is 2. The summed E-state index contributed by atoms with van der Waals surface area (Å²) in [4.78, 5) is 7.14. The van der Waals surface area contributed by atoms with Crippen molar-refractivity contribution < 1.29 is 0 Å². The molecule has 5 rings (SSSR count). The molecule has 2 aromatic heterocycles. The smallest absolute Gasteiger partial charge is 0.0722 e. The minimum Gasteiger partial charge on any atom is -0.353 e. The first-order valence-electron chi connectivity index (χ1n) is 7.03. The third-order valence-electron chi connectivity index (χ3n) is 4.29. The molecule has 0 saturated carbocycles. The molecule has 22 heavy (non-hydrogen) atoms. The van der Waals surface area contributed by atoms with Gasteiger partial charge in [-0.05, 0) is 44.0 Å². The molecule has 0 atom stereocenters. The van der Waals surface area contributed by atoms with Crippen LogP contribution in [-0.4, -0.2) is 9.97 Å². The van der Waals surface area contributed by atoms with Gasteiger partial charge in [0.05, 0.1) is 11.0 Å². The fourth-order valence-corrected chi connectivity index (χ4v) is 4.55. The summed E-state index contributed by atoms with van der Waals surface area (Å²) in [6.07, 6.45) is 0. The van der Waals surface area contributed by atoms with E-state index in [1.54, 1.807) is 0 Å². The Bertz CT molecular complexity index is 1100. The highest BCUT2D eigenvalue weighted by molar-refractivity contribution is 9.13. The maximum Gasteiger partial charge on any atom is 0.0722 e. The molecule has 0 unspecified atom stereocenters. The van der Waals surface area contributed by atoms with Crippen LogP contribution in [0.1, 0.15) is 0 Å². The van der Waals surface area contributed by atoms with Crippen molar-refractivity contribution in [2.45, 2.75) is 0 Å². The third-order valence-corrected chi connectivity index (χ3v) is 6.41. The van der Waals surface area contributed by atoms with Gasteiger partial charge in [-0.15, -0.1) is 0 Å². The highest BCUT2D eigenvalue weighted by Crippen LogP contribution is 2.44. The van der Waals surface area contributed by atoms with Gasteiger partial charge < -0.3 is 9.97 Å².